The van der Waals surface area contributed by atoms with Crippen molar-refractivity contribution in [1.82, 2.24) is 9.55 Å². The molecule has 2 heterocycles. The first-order valence-corrected chi connectivity index (χ1v) is 5.49. The number of aromatic nitrogens is 2. The fraction of sp³-hybridized carbons (Fsp3) is 0.727. The molecule has 1 aromatic heterocycles. The predicted octanol–water partition coefficient (Wildman–Crippen LogP) is 1.65. The van der Waals surface area contributed by atoms with E-state index < -0.39 is 0 Å². The van der Waals surface area contributed by atoms with Gasteiger partial charge in [-0.3, -0.25) is 0 Å². The zero-order valence-corrected chi connectivity index (χ0v) is 9.40. The smallest absolute Gasteiger partial charge is 0.159 e. The molecule has 0 radical (unpaired) electrons. The maximum Gasteiger partial charge on any atom is 0.159 e. The second kappa shape index (κ2) is 4.77. The molecule has 0 amide bonds. The molecule has 4 nitrogen and oxygen atoms in total. The van der Waals surface area contributed by atoms with Crippen LogP contribution in [0.3, 0.4) is 0 Å². The number of hydrogen-bond acceptors (Lipinski definition) is 3. The molecule has 84 valence electrons. The van der Waals surface area contributed by atoms with Gasteiger partial charge in [0.2, 0.25) is 0 Å². The van der Waals surface area contributed by atoms with Gasteiger partial charge in [0.15, 0.2) is 6.29 Å². The van der Waals surface area contributed by atoms with Crippen molar-refractivity contribution >= 4 is 0 Å². The van der Waals surface area contributed by atoms with Crippen molar-refractivity contribution in [3.63, 3.8) is 0 Å². The van der Waals surface area contributed by atoms with E-state index in [1.165, 1.54) is 5.69 Å². The van der Waals surface area contributed by atoms with E-state index in [0.29, 0.717) is 0 Å². The molecule has 1 fully saturated rings. The zero-order chi connectivity index (χ0) is 10.7. The van der Waals surface area contributed by atoms with Crippen LogP contribution in [-0.2, 0) is 16.0 Å². The van der Waals surface area contributed by atoms with Crippen molar-refractivity contribution in [3.05, 3.63) is 17.7 Å². The van der Waals surface area contributed by atoms with Crippen LogP contribution < -0.4 is 0 Å². The molecule has 1 aromatic rings. The summed E-state index contributed by atoms with van der Waals surface area (Å²) in [5.74, 6) is 0. The topological polar surface area (TPSA) is 36.3 Å². The molecule has 0 N–H and O–H groups in total. The van der Waals surface area contributed by atoms with E-state index in [4.69, 9.17) is 9.47 Å². The molecule has 0 unspecified atom stereocenters. The fourth-order valence-corrected chi connectivity index (χ4v) is 1.72. The molecule has 1 aliphatic heterocycles. The lowest BCUT2D eigenvalue weighted by atomic mass is 10.3. The summed E-state index contributed by atoms with van der Waals surface area (Å²) in [5.41, 5.74) is 2.33. The summed E-state index contributed by atoms with van der Waals surface area (Å²) in [6.45, 7) is 6.68. The standard InChI is InChI=1S/C11H18N2O2/c1-9-10(2)13(8-12-9)5-4-11-14-6-3-7-15-11/h8,11H,3-7H2,1-2H3. The van der Waals surface area contributed by atoms with Gasteiger partial charge in [0, 0.05) is 18.7 Å². The van der Waals surface area contributed by atoms with Gasteiger partial charge in [-0.25, -0.2) is 4.98 Å². The van der Waals surface area contributed by atoms with Gasteiger partial charge in [0.05, 0.1) is 25.2 Å². The third-order valence-electron chi connectivity index (χ3n) is 2.85. The normalized spacial score (nSPS) is 18.3. The second-order valence-corrected chi connectivity index (χ2v) is 3.92. The minimum Gasteiger partial charge on any atom is -0.353 e. The van der Waals surface area contributed by atoms with E-state index in [0.717, 1.165) is 38.3 Å². The highest BCUT2D eigenvalue weighted by atomic mass is 16.7. The first-order valence-electron chi connectivity index (χ1n) is 5.49. The molecule has 4 heteroatoms. The van der Waals surface area contributed by atoms with Crippen LogP contribution in [0.1, 0.15) is 24.2 Å². The van der Waals surface area contributed by atoms with Crippen LogP contribution >= 0.6 is 0 Å². The van der Waals surface area contributed by atoms with Gasteiger partial charge in [-0.1, -0.05) is 0 Å². The van der Waals surface area contributed by atoms with Crippen LogP contribution in [0.15, 0.2) is 6.33 Å². The lowest BCUT2D eigenvalue weighted by molar-refractivity contribution is -0.182. The van der Waals surface area contributed by atoms with Gasteiger partial charge < -0.3 is 14.0 Å². The Labute approximate surface area is 90.2 Å². The first kappa shape index (κ1) is 10.6. The van der Waals surface area contributed by atoms with Crippen molar-refractivity contribution in [2.45, 2.75) is 39.5 Å². The minimum absolute atomic E-state index is 0.0270. The lowest BCUT2D eigenvalue weighted by Gasteiger charge is -2.23. The zero-order valence-electron chi connectivity index (χ0n) is 9.40. The van der Waals surface area contributed by atoms with Crippen molar-refractivity contribution in [3.8, 4) is 0 Å². The lowest BCUT2D eigenvalue weighted by Crippen LogP contribution is -2.26. The van der Waals surface area contributed by atoms with Gasteiger partial charge in [-0.15, -0.1) is 0 Å². The maximum atomic E-state index is 5.49. The van der Waals surface area contributed by atoms with E-state index in [-0.39, 0.29) is 6.29 Å². The Hall–Kier alpha value is -0.870. The molecule has 0 aromatic carbocycles. The number of imidazole rings is 1. The minimum atomic E-state index is -0.0270. The van der Waals surface area contributed by atoms with Gasteiger partial charge in [-0.2, -0.15) is 0 Å². The van der Waals surface area contributed by atoms with Crippen molar-refractivity contribution in [1.29, 1.82) is 0 Å². The van der Waals surface area contributed by atoms with E-state index in [2.05, 4.69) is 16.5 Å². The van der Waals surface area contributed by atoms with Crippen LogP contribution in [0.4, 0.5) is 0 Å². The number of aryl methyl sites for hydroxylation is 2. The molecule has 1 aliphatic rings. The molecule has 0 aliphatic carbocycles. The van der Waals surface area contributed by atoms with E-state index >= 15 is 0 Å². The highest BCUT2D eigenvalue weighted by Crippen LogP contribution is 2.11. The van der Waals surface area contributed by atoms with Crippen LogP contribution in [0.25, 0.3) is 0 Å². The molecule has 0 bridgehead atoms. The Morgan fingerprint density at radius 2 is 2.13 bits per heavy atom. The number of nitrogens with zero attached hydrogens (tertiary/aromatic N) is 2. The molecule has 0 saturated carbocycles. The monoisotopic (exact) mass is 210 g/mol. The SMILES string of the molecule is Cc1ncn(CCC2OCCCO2)c1C. The molecule has 2 rings (SSSR count). The van der Waals surface area contributed by atoms with Crippen molar-refractivity contribution < 1.29 is 9.47 Å². The van der Waals surface area contributed by atoms with Crippen molar-refractivity contribution in [2.75, 3.05) is 13.2 Å². The van der Waals surface area contributed by atoms with Gasteiger partial charge in [0.25, 0.3) is 0 Å². The van der Waals surface area contributed by atoms with Crippen LogP contribution in [0.2, 0.25) is 0 Å². The Morgan fingerprint density at radius 1 is 1.40 bits per heavy atom. The summed E-state index contributed by atoms with van der Waals surface area (Å²) >= 11 is 0. The van der Waals surface area contributed by atoms with E-state index in [9.17, 15) is 0 Å². The summed E-state index contributed by atoms with van der Waals surface area (Å²) in [6.07, 6.45) is 3.77. The largest absolute Gasteiger partial charge is 0.353 e. The average Bonchev–Trinajstić information content (AvgIpc) is 2.59. The Bertz CT molecular complexity index is 316. The van der Waals surface area contributed by atoms with Gasteiger partial charge >= 0.3 is 0 Å². The van der Waals surface area contributed by atoms with Gasteiger partial charge in [0.1, 0.15) is 0 Å². The molecular weight excluding hydrogens is 192 g/mol. The molecule has 1 saturated heterocycles. The predicted molar refractivity (Wildman–Crippen MR) is 56.6 cm³/mol. The highest BCUT2D eigenvalue weighted by Gasteiger charge is 2.14. The van der Waals surface area contributed by atoms with E-state index in [1.54, 1.807) is 0 Å². The quantitative estimate of drug-likeness (QED) is 0.761. The van der Waals surface area contributed by atoms with Gasteiger partial charge in [-0.05, 0) is 20.3 Å². The maximum absolute atomic E-state index is 5.49. The molecular formula is C11H18N2O2. The number of hydrogen-bond donors (Lipinski definition) is 0. The summed E-state index contributed by atoms with van der Waals surface area (Å²) in [4.78, 5) is 4.26. The first-order chi connectivity index (χ1) is 7.27. The summed E-state index contributed by atoms with van der Waals surface area (Å²) in [7, 11) is 0. The Kier molecular flexibility index (Phi) is 3.38. The fourth-order valence-electron chi connectivity index (χ4n) is 1.72. The van der Waals surface area contributed by atoms with Crippen LogP contribution in [0, 0.1) is 13.8 Å². The molecule has 0 spiro atoms. The number of ether oxygens (including phenoxy) is 2. The molecule has 15 heavy (non-hydrogen) atoms. The van der Waals surface area contributed by atoms with Crippen LogP contribution in [-0.4, -0.2) is 29.1 Å². The average molecular weight is 210 g/mol. The summed E-state index contributed by atoms with van der Waals surface area (Å²) in [6, 6.07) is 0. The van der Waals surface area contributed by atoms with Crippen LogP contribution in [0.5, 0.6) is 0 Å². The third kappa shape index (κ3) is 2.58. The summed E-state index contributed by atoms with van der Waals surface area (Å²) < 4.78 is 13.1. The third-order valence-corrected chi connectivity index (χ3v) is 2.85. The summed E-state index contributed by atoms with van der Waals surface area (Å²) in [5, 5.41) is 0. The second-order valence-electron chi connectivity index (χ2n) is 3.92. The Morgan fingerprint density at radius 3 is 2.73 bits per heavy atom. The highest BCUT2D eigenvalue weighted by molar-refractivity contribution is 5.08. The van der Waals surface area contributed by atoms with Crippen molar-refractivity contribution in [2.24, 2.45) is 0 Å². The van der Waals surface area contributed by atoms with E-state index in [1.807, 2.05) is 13.3 Å². The Balaban J connectivity index is 1.84. The number of rotatable bonds is 3. The molecule has 0 atom stereocenters.